The van der Waals surface area contributed by atoms with Crippen LogP contribution in [0.15, 0.2) is 58.4 Å². The molecule has 0 bridgehead atoms. The van der Waals surface area contributed by atoms with E-state index in [4.69, 9.17) is 0 Å². The maximum atomic E-state index is 12.2. The van der Waals surface area contributed by atoms with Gasteiger partial charge in [-0.15, -0.1) is 0 Å². The number of benzene rings is 1. The smallest absolute Gasteiger partial charge is 0.207 e. The molecular weight excluding hydrogens is 268 g/mol. The van der Waals surface area contributed by atoms with Gasteiger partial charge in [0.25, 0.3) is 0 Å². The zero-order chi connectivity index (χ0) is 15.2. The van der Waals surface area contributed by atoms with Gasteiger partial charge in [-0.1, -0.05) is 64.1 Å². The zero-order valence-electron chi connectivity index (χ0n) is 12.6. The van der Waals surface area contributed by atoms with E-state index >= 15 is 0 Å². The molecule has 0 fully saturated rings. The van der Waals surface area contributed by atoms with Crippen LogP contribution in [0.3, 0.4) is 0 Å². The predicted molar refractivity (Wildman–Crippen MR) is 86.1 cm³/mol. The molecule has 0 aromatic heterocycles. The Labute approximate surface area is 122 Å². The molecule has 0 spiro atoms. The largest absolute Gasteiger partial charge is 0.218 e. The van der Waals surface area contributed by atoms with Crippen molar-refractivity contribution in [2.45, 2.75) is 39.0 Å². The van der Waals surface area contributed by atoms with Crippen LogP contribution in [0.1, 0.15) is 39.7 Å². The van der Waals surface area contributed by atoms with E-state index in [-0.39, 0.29) is 0 Å². The SMILES string of the molecule is CC.CC.O=S1(=O)C2=C(C=CCC=C2)c2ccccc21. The Bertz CT molecular complexity index is 647. The molecule has 0 saturated carbocycles. The van der Waals surface area contributed by atoms with Crippen LogP contribution in [0.4, 0.5) is 0 Å². The van der Waals surface area contributed by atoms with Crippen molar-refractivity contribution in [2.75, 3.05) is 0 Å². The van der Waals surface area contributed by atoms with E-state index in [0.29, 0.717) is 9.80 Å². The number of allylic oxidation sites excluding steroid dienone is 5. The van der Waals surface area contributed by atoms with Crippen molar-refractivity contribution < 1.29 is 8.42 Å². The van der Waals surface area contributed by atoms with Crippen molar-refractivity contribution in [1.29, 1.82) is 0 Å². The molecule has 0 saturated heterocycles. The van der Waals surface area contributed by atoms with E-state index in [1.807, 2.05) is 58.1 Å². The van der Waals surface area contributed by atoms with Crippen LogP contribution in [0.25, 0.3) is 5.57 Å². The molecule has 0 radical (unpaired) electrons. The average Bonchev–Trinajstić information content (AvgIpc) is 2.70. The Morgan fingerprint density at radius 1 is 0.900 bits per heavy atom. The summed E-state index contributed by atoms with van der Waals surface area (Å²) in [6, 6.07) is 7.16. The third-order valence-corrected chi connectivity index (χ3v) is 4.72. The summed E-state index contributed by atoms with van der Waals surface area (Å²) in [6.45, 7) is 8.00. The lowest BCUT2D eigenvalue weighted by Crippen LogP contribution is -1.98. The summed E-state index contributed by atoms with van der Waals surface area (Å²) in [6.07, 6.45) is 8.26. The summed E-state index contributed by atoms with van der Waals surface area (Å²) in [5, 5.41) is 0. The molecule has 3 heteroatoms. The van der Waals surface area contributed by atoms with Crippen LogP contribution in [0, 0.1) is 0 Å². The van der Waals surface area contributed by atoms with Gasteiger partial charge in [0.15, 0.2) is 0 Å². The first-order valence-corrected chi connectivity index (χ1v) is 8.61. The molecule has 1 aromatic rings. The normalized spacial score (nSPS) is 17.0. The summed E-state index contributed by atoms with van der Waals surface area (Å²) in [7, 11) is -3.29. The topological polar surface area (TPSA) is 34.1 Å². The average molecular weight is 290 g/mol. The van der Waals surface area contributed by atoms with E-state index in [0.717, 1.165) is 17.6 Å². The Morgan fingerprint density at radius 3 is 2.20 bits per heavy atom. The number of hydrogen-bond acceptors (Lipinski definition) is 2. The standard InChI is InChI=1S/C13H10O2S.2C2H6/c14-16(15)12-8-3-1-2-6-10(12)11-7-4-5-9-13(11)16;2*1-2/h2-9H,1H2;2*1-2H3. The number of hydrogen-bond donors (Lipinski definition) is 0. The number of sulfone groups is 1. The first kappa shape index (κ1) is 16.4. The molecule has 3 rings (SSSR count). The van der Waals surface area contributed by atoms with Crippen molar-refractivity contribution in [3.05, 3.63) is 59.0 Å². The second-order valence-electron chi connectivity index (χ2n) is 3.82. The molecule has 1 aromatic carbocycles. The van der Waals surface area contributed by atoms with E-state index in [1.54, 1.807) is 18.2 Å². The maximum absolute atomic E-state index is 12.2. The van der Waals surface area contributed by atoms with Crippen molar-refractivity contribution in [3.63, 3.8) is 0 Å². The zero-order valence-corrected chi connectivity index (χ0v) is 13.4. The van der Waals surface area contributed by atoms with Crippen molar-refractivity contribution >= 4 is 15.4 Å². The summed E-state index contributed by atoms with van der Waals surface area (Å²) >= 11 is 0. The molecule has 2 nitrogen and oxygen atoms in total. The predicted octanol–water partition coefficient (Wildman–Crippen LogP) is 4.75. The van der Waals surface area contributed by atoms with E-state index in [2.05, 4.69) is 0 Å². The minimum Gasteiger partial charge on any atom is -0.218 e. The van der Waals surface area contributed by atoms with Crippen LogP contribution in [0.2, 0.25) is 0 Å². The molecule has 108 valence electrons. The molecule has 1 aliphatic carbocycles. The fourth-order valence-electron chi connectivity index (χ4n) is 2.11. The lowest BCUT2D eigenvalue weighted by Gasteiger charge is -1.98. The highest BCUT2D eigenvalue weighted by Crippen LogP contribution is 2.41. The van der Waals surface area contributed by atoms with Gasteiger partial charge in [0.05, 0.1) is 9.80 Å². The van der Waals surface area contributed by atoms with Gasteiger partial charge in [0.1, 0.15) is 0 Å². The lowest BCUT2D eigenvalue weighted by molar-refractivity contribution is 0.604. The van der Waals surface area contributed by atoms with Gasteiger partial charge < -0.3 is 0 Å². The molecule has 1 heterocycles. The van der Waals surface area contributed by atoms with Gasteiger partial charge in [0, 0.05) is 11.1 Å². The summed E-state index contributed by atoms with van der Waals surface area (Å²) in [4.78, 5) is 0.860. The second kappa shape index (κ2) is 7.25. The van der Waals surface area contributed by atoms with Gasteiger partial charge in [-0.25, -0.2) is 8.42 Å². The molecular formula is C17H22O2S. The Hall–Kier alpha value is -1.61. The first-order chi connectivity index (χ1) is 9.71. The fraction of sp³-hybridized carbons (Fsp3) is 0.294. The Morgan fingerprint density at radius 2 is 1.50 bits per heavy atom. The highest BCUT2D eigenvalue weighted by atomic mass is 32.2. The van der Waals surface area contributed by atoms with Crippen molar-refractivity contribution in [1.82, 2.24) is 0 Å². The van der Waals surface area contributed by atoms with Crippen LogP contribution < -0.4 is 0 Å². The fourth-order valence-corrected chi connectivity index (χ4v) is 3.82. The summed E-state index contributed by atoms with van der Waals surface area (Å²) in [5.41, 5.74) is 1.64. The van der Waals surface area contributed by atoms with Crippen LogP contribution in [-0.4, -0.2) is 8.42 Å². The second-order valence-corrected chi connectivity index (χ2v) is 5.70. The van der Waals surface area contributed by atoms with Crippen LogP contribution in [0.5, 0.6) is 0 Å². The van der Waals surface area contributed by atoms with Crippen LogP contribution in [-0.2, 0) is 9.84 Å². The minimum atomic E-state index is -3.29. The van der Waals surface area contributed by atoms with Crippen molar-refractivity contribution in [3.8, 4) is 0 Å². The van der Waals surface area contributed by atoms with Gasteiger partial charge in [0.2, 0.25) is 9.84 Å². The highest BCUT2D eigenvalue weighted by molar-refractivity contribution is 7.96. The Balaban J connectivity index is 0.000000461. The molecule has 20 heavy (non-hydrogen) atoms. The summed E-state index contributed by atoms with van der Waals surface area (Å²) < 4.78 is 24.5. The molecule has 0 atom stereocenters. The molecule has 0 unspecified atom stereocenters. The van der Waals surface area contributed by atoms with Gasteiger partial charge in [-0.3, -0.25) is 0 Å². The molecule has 2 aliphatic rings. The minimum absolute atomic E-state index is 0.427. The highest BCUT2D eigenvalue weighted by Gasteiger charge is 2.32. The maximum Gasteiger partial charge on any atom is 0.207 e. The van der Waals surface area contributed by atoms with E-state index in [1.165, 1.54) is 0 Å². The first-order valence-electron chi connectivity index (χ1n) is 7.13. The van der Waals surface area contributed by atoms with Gasteiger partial charge in [-0.05, 0) is 18.6 Å². The molecule has 1 aliphatic heterocycles. The quantitative estimate of drug-likeness (QED) is 0.690. The number of fused-ring (bicyclic) bond motifs is 2. The van der Waals surface area contributed by atoms with E-state index in [9.17, 15) is 8.42 Å². The monoisotopic (exact) mass is 290 g/mol. The van der Waals surface area contributed by atoms with Crippen molar-refractivity contribution in [2.24, 2.45) is 0 Å². The third-order valence-electron chi connectivity index (χ3n) is 2.85. The summed E-state index contributed by atoms with van der Waals surface area (Å²) in [5.74, 6) is 0. The molecule has 0 N–H and O–H groups in total. The third kappa shape index (κ3) is 2.78. The number of rotatable bonds is 0. The molecule has 0 amide bonds. The van der Waals surface area contributed by atoms with Crippen LogP contribution >= 0.6 is 0 Å². The van der Waals surface area contributed by atoms with E-state index < -0.39 is 9.84 Å². The van der Waals surface area contributed by atoms with Gasteiger partial charge >= 0.3 is 0 Å². The Kier molecular flexibility index (Phi) is 5.96. The van der Waals surface area contributed by atoms with Gasteiger partial charge in [-0.2, -0.15) is 0 Å². The lowest BCUT2D eigenvalue weighted by atomic mass is 10.1.